The van der Waals surface area contributed by atoms with Crippen LogP contribution in [-0.4, -0.2) is 5.38 Å². The molecular weight excluding hydrogens is 95.5 g/mol. The van der Waals surface area contributed by atoms with E-state index in [-0.39, 0.29) is 0 Å². The number of allylic oxidation sites excluding steroid dienone is 2. The zero-order chi connectivity index (χ0) is 4.41. The van der Waals surface area contributed by atoms with Gasteiger partial charge in [-0.25, -0.2) is 0 Å². The van der Waals surface area contributed by atoms with Crippen molar-refractivity contribution >= 4 is 11.6 Å². The van der Waals surface area contributed by atoms with Gasteiger partial charge in [0, 0.05) is 0 Å². The van der Waals surface area contributed by atoms with E-state index < -0.39 is 0 Å². The molecule has 0 spiro atoms. The van der Waals surface area contributed by atoms with Gasteiger partial charge in [-0.1, -0.05) is 12.2 Å². The molecule has 0 heterocycles. The molecule has 1 aliphatic rings. The first-order valence-electron chi connectivity index (χ1n) is 2.20. The van der Waals surface area contributed by atoms with E-state index in [4.69, 9.17) is 11.6 Å². The Balaban J connectivity index is 2.38. The van der Waals surface area contributed by atoms with E-state index in [1.165, 1.54) is 6.42 Å². The lowest BCUT2D eigenvalue weighted by Crippen LogP contribution is -1.81. The Hall–Kier alpha value is 0.0300. The second-order valence-corrected chi connectivity index (χ2v) is 2.08. The van der Waals surface area contributed by atoms with E-state index in [9.17, 15) is 0 Å². The van der Waals surface area contributed by atoms with Crippen molar-refractivity contribution in [3.05, 3.63) is 12.2 Å². The summed E-state index contributed by atoms with van der Waals surface area (Å²) in [7, 11) is 0. The van der Waals surface area contributed by atoms with E-state index in [1.807, 2.05) is 6.08 Å². The van der Waals surface area contributed by atoms with Gasteiger partial charge < -0.3 is 0 Å². The largest absolute Gasteiger partial charge is 0.118 e. The molecule has 0 radical (unpaired) electrons. The summed E-state index contributed by atoms with van der Waals surface area (Å²) in [5.74, 6) is 0. The first-order chi connectivity index (χ1) is 2.89. The van der Waals surface area contributed by atoms with Crippen LogP contribution in [0.25, 0.3) is 0 Å². The fourth-order valence-electron chi connectivity index (χ4n) is 0.596. The standard InChI is InChI=1S/C5H7Cl/c6-5-3-1-2-4-5/h1,3,5H,2,4H2/t5-/m1/s1. The van der Waals surface area contributed by atoms with Gasteiger partial charge >= 0.3 is 0 Å². The van der Waals surface area contributed by atoms with Crippen molar-refractivity contribution in [1.29, 1.82) is 0 Å². The molecule has 0 aromatic carbocycles. The highest BCUT2D eigenvalue weighted by Gasteiger charge is 2.01. The minimum absolute atomic E-state index is 0.338. The summed E-state index contributed by atoms with van der Waals surface area (Å²) in [4.78, 5) is 0. The third kappa shape index (κ3) is 0.749. The van der Waals surface area contributed by atoms with Crippen LogP contribution in [-0.2, 0) is 0 Å². The van der Waals surface area contributed by atoms with Crippen molar-refractivity contribution in [2.45, 2.75) is 18.2 Å². The van der Waals surface area contributed by atoms with Crippen molar-refractivity contribution in [2.24, 2.45) is 0 Å². The van der Waals surface area contributed by atoms with E-state index in [2.05, 4.69) is 6.08 Å². The molecule has 0 bridgehead atoms. The minimum Gasteiger partial charge on any atom is -0.118 e. The van der Waals surface area contributed by atoms with Crippen molar-refractivity contribution in [1.82, 2.24) is 0 Å². The summed E-state index contributed by atoms with van der Waals surface area (Å²) < 4.78 is 0. The second kappa shape index (κ2) is 1.65. The Bertz CT molecular complexity index is 66.3. The Kier molecular flexibility index (Phi) is 1.16. The second-order valence-electron chi connectivity index (χ2n) is 1.52. The monoisotopic (exact) mass is 102 g/mol. The number of halogens is 1. The molecule has 0 unspecified atom stereocenters. The van der Waals surface area contributed by atoms with Crippen LogP contribution >= 0.6 is 11.6 Å². The summed E-state index contributed by atoms with van der Waals surface area (Å²) in [6, 6.07) is 0. The molecule has 1 rings (SSSR count). The average Bonchev–Trinajstić information content (AvgIpc) is 1.86. The van der Waals surface area contributed by atoms with Crippen LogP contribution in [0.1, 0.15) is 12.8 Å². The summed E-state index contributed by atoms with van der Waals surface area (Å²) in [6.45, 7) is 0. The van der Waals surface area contributed by atoms with E-state index in [0.717, 1.165) is 6.42 Å². The third-order valence-electron chi connectivity index (χ3n) is 0.954. The van der Waals surface area contributed by atoms with Crippen molar-refractivity contribution in [3.63, 3.8) is 0 Å². The summed E-state index contributed by atoms with van der Waals surface area (Å²) in [5, 5.41) is 0.338. The summed E-state index contributed by atoms with van der Waals surface area (Å²) in [6.07, 6.45) is 6.48. The van der Waals surface area contributed by atoms with Crippen LogP contribution in [0.2, 0.25) is 0 Å². The molecular formula is C5H7Cl. The first-order valence-corrected chi connectivity index (χ1v) is 2.64. The zero-order valence-electron chi connectivity index (χ0n) is 3.52. The van der Waals surface area contributed by atoms with E-state index in [0.29, 0.717) is 5.38 Å². The highest BCUT2D eigenvalue weighted by molar-refractivity contribution is 6.21. The SMILES string of the molecule is Cl[C@@H]1C=CCC1. The highest BCUT2D eigenvalue weighted by Crippen LogP contribution is 2.13. The van der Waals surface area contributed by atoms with Gasteiger partial charge in [0.25, 0.3) is 0 Å². The molecule has 1 aliphatic carbocycles. The molecule has 6 heavy (non-hydrogen) atoms. The van der Waals surface area contributed by atoms with Gasteiger partial charge in [0.15, 0.2) is 0 Å². The maximum atomic E-state index is 5.63. The van der Waals surface area contributed by atoms with Crippen LogP contribution in [0.4, 0.5) is 0 Å². The van der Waals surface area contributed by atoms with E-state index in [1.54, 1.807) is 0 Å². The Morgan fingerprint density at radius 2 is 2.50 bits per heavy atom. The van der Waals surface area contributed by atoms with Gasteiger partial charge in [0.05, 0.1) is 5.38 Å². The molecule has 0 saturated heterocycles. The van der Waals surface area contributed by atoms with Crippen LogP contribution in [0.15, 0.2) is 12.2 Å². The van der Waals surface area contributed by atoms with Crippen LogP contribution in [0.5, 0.6) is 0 Å². The van der Waals surface area contributed by atoms with Crippen molar-refractivity contribution in [2.75, 3.05) is 0 Å². The van der Waals surface area contributed by atoms with Crippen LogP contribution in [0.3, 0.4) is 0 Å². The van der Waals surface area contributed by atoms with Gasteiger partial charge in [-0.3, -0.25) is 0 Å². The maximum Gasteiger partial charge on any atom is 0.0518 e. The number of alkyl halides is 1. The van der Waals surface area contributed by atoms with Gasteiger partial charge in [-0.05, 0) is 12.8 Å². The molecule has 0 fully saturated rings. The topological polar surface area (TPSA) is 0 Å². The number of hydrogen-bond acceptors (Lipinski definition) is 0. The fourth-order valence-corrected chi connectivity index (χ4v) is 0.824. The molecule has 1 atom stereocenters. The molecule has 0 saturated carbocycles. The highest BCUT2D eigenvalue weighted by atomic mass is 35.5. The number of rotatable bonds is 0. The minimum atomic E-state index is 0.338. The molecule has 0 nitrogen and oxygen atoms in total. The van der Waals surface area contributed by atoms with Crippen LogP contribution < -0.4 is 0 Å². The molecule has 0 amide bonds. The normalized spacial score (nSPS) is 31.8. The smallest absolute Gasteiger partial charge is 0.0518 e. The van der Waals surface area contributed by atoms with Crippen molar-refractivity contribution in [3.8, 4) is 0 Å². The molecule has 1 heteroatoms. The predicted molar refractivity (Wildman–Crippen MR) is 28.0 cm³/mol. The van der Waals surface area contributed by atoms with Crippen molar-refractivity contribution < 1.29 is 0 Å². The third-order valence-corrected chi connectivity index (χ3v) is 1.32. The molecule has 0 aromatic rings. The quantitative estimate of drug-likeness (QED) is 0.324. The first kappa shape index (κ1) is 4.20. The van der Waals surface area contributed by atoms with Crippen LogP contribution in [0, 0.1) is 0 Å². The van der Waals surface area contributed by atoms with Gasteiger partial charge in [0.1, 0.15) is 0 Å². The average molecular weight is 103 g/mol. The Labute approximate surface area is 42.8 Å². The lowest BCUT2D eigenvalue weighted by Gasteiger charge is -1.86. The Morgan fingerprint density at radius 3 is 2.67 bits per heavy atom. The van der Waals surface area contributed by atoms with Gasteiger partial charge in [-0.15, -0.1) is 11.6 Å². The Morgan fingerprint density at radius 1 is 1.67 bits per heavy atom. The number of hydrogen-bond donors (Lipinski definition) is 0. The van der Waals surface area contributed by atoms with Gasteiger partial charge in [-0.2, -0.15) is 0 Å². The lowest BCUT2D eigenvalue weighted by atomic mass is 10.4. The zero-order valence-corrected chi connectivity index (χ0v) is 4.28. The molecule has 0 aliphatic heterocycles. The van der Waals surface area contributed by atoms with E-state index >= 15 is 0 Å². The fraction of sp³-hybridized carbons (Fsp3) is 0.600. The molecule has 0 N–H and O–H groups in total. The summed E-state index contributed by atoms with van der Waals surface area (Å²) in [5.41, 5.74) is 0. The van der Waals surface area contributed by atoms with Gasteiger partial charge in [0.2, 0.25) is 0 Å². The molecule has 34 valence electrons. The lowest BCUT2D eigenvalue weighted by molar-refractivity contribution is 0.936. The summed E-state index contributed by atoms with van der Waals surface area (Å²) >= 11 is 5.63. The molecule has 0 aromatic heterocycles. The predicted octanol–water partition coefficient (Wildman–Crippen LogP) is 1.94. The maximum absolute atomic E-state index is 5.63.